The van der Waals surface area contributed by atoms with E-state index in [4.69, 9.17) is 4.74 Å². The van der Waals surface area contributed by atoms with Crippen molar-refractivity contribution in [3.63, 3.8) is 0 Å². The van der Waals surface area contributed by atoms with Crippen LogP contribution in [0, 0.1) is 5.92 Å². The second-order valence-corrected chi connectivity index (χ2v) is 6.45. The zero-order valence-corrected chi connectivity index (χ0v) is 14.9. The van der Waals surface area contributed by atoms with Crippen LogP contribution >= 0.6 is 0 Å². The molecule has 0 bridgehead atoms. The first-order valence-corrected chi connectivity index (χ1v) is 9.02. The van der Waals surface area contributed by atoms with E-state index in [1.54, 1.807) is 0 Å². The number of hydrogen-bond donors (Lipinski definition) is 1. The summed E-state index contributed by atoms with van der Waals surface area (Å²) < 4.78 is 5.31. The molecule has 2 aromatic rings. The molecule has 136 valence electrons. The number of rotatable bonds is 6. The molecular formula is C21H24N2O3. The van der Waals surface area contributed by atoms with Crippen LogP contribution in [0.2, 0.25) is 0 Å². The van der Waals surface area contributed by atoms with Gasteiger partial charge >= 0.3 is 6.09 Å². The summed E-state index contributed by atoms with van der Waals surface area (Å²) in [5.41, 5.74) is 1.89. The molecule has 1 fully saturated rings. The third kappa shape index (κ3) is 4.23. The van der Waals surface area contributed by atoms with Gasteiger partial charge in [0.05, 0.1) is 5.92 Å². The normalized spacial score (nSPS) is 17.8. The summed E-state index contributed by atoms with van der Waals surface area (Å²) in [5, 5.41) is 3.42. The van der Waals surface area contributed by atoms with Crippen LogP contribution in [0.3, 0.4) is 0 Å². The van der Waals surface area contributed by atoms with Gasteiger partial charge in [-0.1, -0.05) is 55.5 Å². The van der Waals surface area contributed by atoms with Crippen LogP contribution in [0.5, 0.6) is 0 Å². The molecular weight excluding hydrogens is 328 g/mol. The predicted molar refractivity (Wildman–Crippen MR) is 101 cm³/mol. The van der Waals surface area contributed by atoms with Crippen molar-refractivity contribution in [1.29, 1.82) is 0 Å². The molecule has 0 aliphatic carbocycles. The van der Waals surface area contributed by atoms with Gasteiger partial charge in [0.15, 0.2) is 0 Å². The van der Waals surface area contributed by atoms with Gasteiger partial charge in [0.1, 0.15) is 6.61 Å². The Labute approximate surface area is 154 Å². The zero-order chi connectivity index (χ0) is 18.4. The average Bonchev–Trinajstić information content (AvgIpc) is 3.07. The van der Waals surface area contributed by atoms with E-state index < -0.39 is 6.09 Å². The van der Waals surface area contributed by atoms with Crippen LogP contribution in [-0.4, -0.2) is 29.5 Å². The monoisotopic (exact) mass is 352 g/mol. The smallest absolute Gasteiger partial charge is 0.416 e. The first-order valence-electron chi connectivity index (χ1n) is 9.02. The van der Waals surface area contributed by atoms with E-state index in [1.165, 1.54) is 4.90 Å². The third-order valence-electron chi connectivity index (χ3n) is 4.72. The average molecular weight is 352 g/mol. The van der Waals surface area contributed by atoms with Gasteiger partial charge in [-0.3, -0.25) is 4.79 Å². The van der Waals surface area contributed by atoms with Crippen LogP contribution in [0.15, 0.2) is 60.7 Å². The number of carbonyl (C=O) groups excluding carboxylic acids is 2. The topological polar surface area (TPSA) is 58.6 Å². The summed E-state index contributed by atoms with van der Waals surface area (Å²) in [6.07, 6.45) is 0.895. The summed E-state index contributed by atoms with van der Waals surface area (Å²) in [6, 6.07) is 19.3. The maximum absolute atomic E-state index is 12.7. The van der Waals surface area contributed by atoms with Gasteiger partial charge in [-0.25, -0.2) is 9.69 Å². The fourth-order valence-electron chi connectivity index (χ4n) is 3.29. The van der Waals surface area contributed by atoms with Crippen LogP contribution < -0.4 is 5.32 Å². The molecule has 5 nitrogen and oxygen atoms in total. The van der Waals surface area contributed by atoms with Gasteiger partial charge in [0, 0.05) is 18.3 Å². The van der Waals surface area contributed by atoms with Crippen LogP contribution in [0.25, 0.3) is 0 Å². The Bertz CT molecular complexity index is 733. The van der Waals surface area contributed by atoms with Gasteiger partial charge < -0.3 is 10.1 Å². The van der Waals surface area contributed by atoms with Crippen molar-refractivity contribution in [2.75, 3.05) is 11.9 Å². The summed E-state index contributed by atoms with van der Waals surface area (Å²) >= 11 is 0. The molecule has 2 atom stereocenters. The number of benzene rings is 2. The molecule has 2 unspecified atom stereocenters. The lowest BCUT2D eigenvalue weighted by Crippen LogP contribution is -2.39. The molecule has 0 aromatic heterocycles. The highest BCUT2D eigenvalue weighted by Crippen LogP contribution is 2.26. The third-order valence-corrected chi connectivity index (χ3v) is 4.72. The summed E-state index contributed by atoms with van der Waals surface area (Å²) in [4.78, 5) is 26.3. The predicted octanol–water partition coefficient (Wildman–Crippen LogP) is 4.06. The Hall–Kier alpha value is -2.82. The number of hydrogen-bond acceptors (Lipinski definition) is 4. The number of likely N-dealkylation sites (tertiary alicyclic amines) is 1. The Morgan fingerprint density at radius 2 is 1.81 bits per heavy atom. The molecule has 1 aliphatic rings. The first kappa shape index (κ1) is 18.0. The van der Waals surface area contributed by atoms with Crippen molar-refractivity contribution >= 4 is 17.7 Å². The van der Waals surface area contributed by atoms with E-state index in [0.29, 0.717) is 13.0 Å². The number of carbonyl (C=O) groups is 2. The van der Waals surface area contributed by atoms with Crippen molar-refractivity contribution in [3.05, 3.63) is 66.2 Å². The maximum atomic E-state index is 12.7. The summed E-state index contributed by atoms with van der Waals surface area (Å²) in [6.45, 7) is 2.63. The molecule has 0 spiro atoms. The fourth-order valence-corrected chi connectivity index (χ4v) is 3.29. The highest BCUT2D eigenvalue weighted by molar-refractivity contribution is 5.95. The van der Waals surface area contributed by atoms with Gasteiger partial charge in [0.2, 0.25) is 5.91 Å². The van der Waals surface area contributed by atoms with Gasteiger partial charge in [-0.2, -0.15) is 0 Å². The van der Waals surface area contributed by atoms with Crippen LogP contribution in [-0.2, 0) is 16.1 Å². The standard InChI is InChI=1S/C21H24N2O3/c1-2-19(22-17-11-7-4-8-12-17)18-13-14-23(20(18)24)21(25)26-15-16-9-5-3-6-10-16/h3-12,18-19,22H,2,13-15H2,1H3. The van der Waals surface area contributed by atoms with E-state index in [9.17, 15) is 9.59 Å². The molecule has 1 aliphatic heterocycles. The SMILES string of the molecule is CCC(Nc1ccccc1)C1CCN(C(=O)OCc2ccccc2)C1=O. The Kier molecular flexibility index (Phi) is 5.89. The van der Waals surface area contributed by atoms with E-state index in [1.807, 2.05) is 67.6 Å². The number of para-hydroxylation sites is 1. The molecule has 2 amide bonds. The molecule has 1 N–H and O–H groups in total. The maximum Gasteiger partial charge on any atom is 0.416 e. The number of ether oxygens (including phenoxy) is 1. The van der Waals surface area contributed by atoms with Crippen molar-refractivity contribution in [2.24, 2.45) is 5.92 Å². The second-order valence-electron chi connectivity index (χ2n) is 6.45. The zero-order valence-electron chi connectivity index (χ0n) is 14.9. The molecule has 1 saturated heterocycles. The minimum absolute atomic E-state index is 0.00294. The molecule has 0 saturated carbocycles. The van der Waals surface area contributed by atoms with Crippen molar-refractivity contribution < 1.29 is 14.3 Å². The molecule has 1 heterocycles. The highest BCUT2D eigenvalue weighted by atomic mass is 16.6. The number of amides is 2. The lowest BCUT2D eigenvalue weighted by Gasteiger charge is -2.23. The molecule has 2 aromatic carbocycles. The van der Waals surface area contributed by atoms with Crippen LogP contribution in [0.1, 0.15) is 25.3 Å². The number of imide groups is 1. The minimum atomic E-state index is -0.559. The Morgan fingerprint density at radius 3 is 2.46 bits per heavy atom. The van der Waals surface area contributed by atoms with E-state index in [2.05, 4.69) is 5.32 Å². The quantitative estimate of drug-likeness (QED) is 0.852. The Morgan fingerprint density at radius 1 is 1.15 bits per heavy atom. The van der Waals surface area contributed by atoms with Gasteiger partial charge in [-0.15, -0.1) is 0 Å². The van der Waals surface area contributed by atoms with Gasteiger partial charge in [0.25, 0.3) is 0 Å². The minimum Gasteiger partial charge on any atom is -0.444 e. The molecule has 0 radical (unpaired) electrons. The van der Waals surface area contributed by atoms with Crippen molar-refractivity contribution in [1.82, 2.24) is 4.90 Å². The lowest BCUT2D eigenvalue weighted by atomic mass is 9.95. The molecule has 26 heavy (non-hydrogen) atoms. The van der Waals surface area contributed by atoms with Crippen molar-refractivity contribution in [3.8, 4) is 0 Å². The first-order chi connectivity index (χ1) is 12.7. The van der Waals surface area contributed by atoms with E-state index in [-0.39, 0.29) is 24.5 Å². The van der Waals surface area contributed by atoms with Crippen molar-refractivity contribution in [2.45, 2.75) is 32.4 Å². The number of nitrogens with one attached hydrogen (secondary N) is 1. The lowest BCUT2D eigenvalue weighted by molar-refractivity contribution is -0.130. The Balaban J connectivity index is 1.58. The van der Waals surface area contributed by atoms with E-state index >= 15 is 0 Å². The molecule has 3 rings (SSSR count). The number of anilines is 1. The summed E-state index contributed by atoms with van der Waals surface area (Å²) in [7, 11) is 0. The van der Waals surface area contributed by atoms with Crippen LogP contribution in [0.4, 0.5) is 10.5 Å². The fraction of sp³-hybridized carbons (Fsp3) is 0.333. The second kappa shape index (κ2) is 8.52. The summed E-state index contributed by atoms with van der Waals surface area (Å²) in [5.74, 6) is -0.372. The largest absolute Gasteiger partial charge is 0.444 e. The van der Waals surface area contributed by atoms with E-state index in [0.717, 1.165) is 17.7 Å². The number of nitrogens with zero attached hydrogens (tertiary/aromatic N) is 1. The van der Waals surface area contributed by atoms with Gasteiger partial charge in [-0.05, 0) is 30.5 Å². The molecule has 5 heteroatoms. The highest BCUT2D eigenvalue weighted by Gasteiger charge is 2.40.